The van der Waals surface area contributed by atoms with E-state index >= 15 is 0 Å². The van der Waals surface area contributed by atoms with Crippen LogP contribution < -0.4 is 5.32 Å². The second kappa shape index (κ2) is 8.59. The summed E-state index contributed by atoms with van der Waals surface area (Å²) < 4.78 is 18.6. The van der Waals surface area contributed by atoms with Crippen LogP contribution in [0.3, 0.4) is 0 Å². The van der Waals surface area contributed by atoms with E-state index in [1.54, 1.807) is 24.3 Å². The summed E-state index contributed by atoms with van der Waals surface area (Å²) in [6.07, 6.45) is -0.220. The van der Waals surface area contributed by atoms with Crippen LogP contribution in [0.5, 0.6) is 0 Å². The highest BCUT2D eigenvalue weighted by atomic mass is 35.5. The molecule has 1 atom stereocenters. The molecule has 2 aromatic rings. The van der Waals surface area contributed by atoms with Gasteiger partial charge in [0.25, 0.3) is 11.6 Å². The van der Waals surface area contributed by atoms with Crippen molar-refractivity contribution in [3.63, 3.8) is 0 Å². The minimum Gasteiger partial charge on any atom is -0.469 e. The Labute approximate surface area is 159 Å². The predicted molar refractivity (Wildman–Crippen MR) is 96.1 cm³/mol. The summed E-state index contributed by atoms with van der Waals surface area (Å²) in [5.74, 6) is -2.26. The summed E-state index contributed by atoms with van der Waals surface area (Å²) in [5, 5.41) is 13.9. The Morgan fingerprint density at radius 1 is 1.33 bits per heavy atom. The van der Waals surface area contributed by atoms with Crippen LogP contribution in [0.2, 0.25) is 5.02 Å². The van der Waals surface area contributed by atoms with E-state index in [4.69, 9.17) is 11.6 Å². The maximum absolute atomic E-state index is 14.0. The van der Waals surface area contributed by atoms with Gasteiger partial charge >= 0.3 is 5.97 Å². The molecule has 27 heavy (non-hydrogen) atoms. The van der Waals surface area contributed by atoms with Crippen molar-refractivity contribution in [3.05, 3.63) is 74.0 Å². The molecule has 0 radical (unpaired) electrons. The lowest BCUT2D eigenvalue weighted by Gasteiger charge is -2.19. The first kappa shape index (κ1) is 20.3. The number of carbonyl (C=O) groups is 2. The number of nitrogens with one attached hydrogen (secondary N) is 1. The second-order valence-corrected chi connectivity index (χ2v) is 6.09. The first-order valence-corrected chi connectivity index (χ1v) is 8.19. The van der Waals surface area contributed by atoms with E-state index in [1.165, 1.54) is 14.0 Å². The molecule has 1 unspecified atom stereocenters. The van der Waals surface area contributed by atoms with E-state index in [9.17, 15) is 24.1 Å². The van der Waals surface area contributed by atoms with Crippen LogP contribution in [0.1, 0.15) is 33.9 Å². The highest BCUT2D eigenvalue weighted by Gasteiger charge is 2.24. The number of esters is 1. The summed E-state index contributed by atoms with van der Waals surface area (Å²) in [6, 6.07) is 7.59. The van der Waals surface area contributed by atoms with E-state index in [2.05, 4.69) is 10.1 Å². The first-order valence-electron chi connectivity index (χ1n) is 7.81. The number of nitrogens with zero attached hydrogens (tertiary/aromatic N) is 1. The van der Waals surface area contributed by atoms with Gasteiger partial charge in [0, 0.05) is 16.7 Å². The molecule has 0 aliphatic heterocycles. The molecule has 2 aromatic carbocycles. The summed E-state index contributed by atoms with van der Waals surface area (Å²) in [5.41, 5.74) is -0.470. The van der Waals surface area contributed by atoms with Crippen molar-refractivity contribution in [1.29, 1.82) is 0 Å². The third kappa shape index (κ3) is 4.79. The Hall–Kier alpha value is -3.00. The molecule has 1 amide bonds. The van der Waals surface area contributed by atoms with Crippen molar-refractivity contribution < 1.29 is 23.6 Å². The smallest absolute Gasteiger partial charge is 0.307 e. The summed E-state index contributed by atoms with van der Waals surface area (Å²) >= 11 is 6.14. The van der Waals surface area contributed by atoms with E-state index in [1.807, 2.05) is 0 Å². The van der Waals surface area contributed by atoms with Gasteiger partial charge in [-0.25, -0.2) is 4.39 Å². The number of nitro benzene ring substituents is 1. The van der Waals surface area contributed by atoms with Crippen LogP contribution >= 0.6 is 11.6 Å². The summed E-state index contributed by atoms with van der Waals surface area (Å²) in [4.78, 5) is 34.5. The molecule has 2 rings (SSSR count). The number of methoxy groups -OCH3 is 1. The van der Waals surface area contributed by atoms with E-state index < -0.39 is 34.3 Å². The van der Waals surface area contributed by atoms with Crippen LogP contribution in [-0.2, 0) is 9.53 Å². The van der Waals surface area contributed by atoms with Gasteiger partial charge in [-0.2, -0.15) is 0 Å². The number of benzene rings is 2. The fourth-order valence-electron chi connectivity index (χ4n) is 2.47. The molecule has 0 aliphatic carbocycles. The minimum atomic E-state index is -0.878. The van der Waals surface area contributed by atoms with E-state index in [-0.39, 0.29) is 17.5 Å². The number of hydrogen-bond acceptors (Lipinski definition) is 5. The average Bonchev–Trinajstić information content (AvgIpc) is 2.63. The number of nitro groups is 1. The molecule has 0 fully saturated rings. The lowest BCUT2D eigenvalue weighted by molar-refractivity contribution is -0.385. The van der Waals surface area contributed by atoms with Crippen molar-refractivity contribution >= 4 is 29.2 Å². The van der Waals surface area contributed by atoms with Gasteiger partial charge in [0.15, 0.2) is 0 Å². The molecular formula is C18H16ClFN2O5. The van der Waals surface area contributed by atoms with Crippen molar-refractivity contribution in [2.45, 2.75) is 19.4 Å². The average molecular weight is 395 g/mol. The van der Waals surface area contributed by atoms with Gasteiger partial charge in [-0.1, -0.05) is 29.8 Å². The first-order chi connectivity index (χ1) is 12.7. The Bertz CT molecular complexity index is 903. The van der Waals surface area contributed by atoms with Gasteiger partial charge in [-0.3, -0.25) is 19.7 Å². The van der Waals surface area contributed by atoms with Gasteiger partial charge in [-0.05, 0) is 24.6 Å². The number of halogens is 2. The molecule has 1 N–H and O–H groups in total. The van der Waals surface area contributed by atoms with Crippen molar-refractivity contribution in [3.8, 4) is 0 Å². The van der Waals surface area contributed by atoms with Crippen molar-refractivity contribution in [2.75, 3.05) is 7.11 Å². The third-order valence-electron chi connectivity index (χ3n) is 3.96. The Morgan fingerprint density at radius 2 is 2.00 bits per heavy atom. The van der Waals surface area contributed by atoms with Crippen molar-refractivity contribution in [2.24, 2.45) is 0 Å². The number of rotatable bonds is 6. The largest absolute Gasteiger partial charge is 0.469 e. The molecule has 142 valence electrons. The topological polar surface area (TPSA) is 98.5 Å². The molecule has 0 saturated heterocycles. The number of hydrogen-bond donors (Lipinski definition) is 1. The molecule has 0 aromatic heterocycles. The second-order valence-electron chi connectivity index (χ2n) is 5.69. The number of ether oxygens (including phenoxy) is 1. The Morgan fingerprint density at radius 3 is 2.59 bits per heavy atom. The molecular weight excluding hydrogens is 379 g/mol. The van der Waals surface area contributed by atoms with Gasteiger partial charge in [0.2, 0.25) is 0 Å². The zero-order chi connectivity index (χ0) is 20.1. The van der Waals surface area contributed by atoms with Crippen LogP contribution in [0.15, 0.2) is 36.4 Å². The van der Waals surface area contributed by atoms with Gasteiger partial charge in [-0.15, -0.1) is 0 Å². The number of carbonyl (C=O) groups excluding carboxylic acids is 2. The molecule has 7 nitrogen and oxygen atoms in total. The monoisotopic (exact) mass is 394 g/mol. The molecule has 0 saturated carbocycles. The maximum atomic E-state index is 14.0. The molecule has 0 spiro atoms. The van der Waals surface area contributed by atoms with Crippen LogP contribution in [0, 0.1) is 22.9 Å². The zero-order valence-electron chi connectivity index (χ0n) is 14.5. The minimum absolute atomic E-state index is 0.172. The summed E-state index contributed by atoms with van der Waals surface area (Å²) in [6.45, 7) is 1.25. The fraction of sp³-hybridized carbons (Fsp3) is 0.222. The van der Waals surface area contributed by atoms with E-state index in [0.29, 0.717) is 10.6 Å². The Balaban J connectivity index is 2.37. The fourth-order valence-corrected chi connectivity index (χ4v) is 2.74. The standard InChI is InChI=1S/C18H16ClFN2O5/c1-10-14(20)7-11(8-16(10)22(25)26)18(24)21-15(9-17(23)27-2)12-5-3-4-6-13(12)19/h3-8,15H,9H2,1-2H3,(H,21,24). The lowest BCUT2D eigenvalue weighted by atomic mass is 10.0. The predicted octanol–water partition coefficient (Wildman–Crippen LogP) is 3.73. The normalized spacial score (nSPS) is 11.6. The highest BCUT2D eigenvalue weighted by molar-refractivity contribution is 6.31. The lowest BCUT2D eigenvalue weighted by Crippen LogP contribution is -2.31. The number of amides is 1. The van der Waals surface area contributed by atoms with Gasteiger partial charge in [0.1, 0.15) is 5.82 Å². The summed E-state index contributed by atoms with van der Waals surface area (Å²) in [7, 11) is 1.20. The molecule has 0 aliphatic rings. The van der Waals surface area contributed by atoms with Gasteiger partial charge in [0.05, 0.1) is 30.1 Å². The Kier molecular flexibility index (Phi) is 6.46. The highest BCUT2D eigenvalue weighted by Crippen LogP contribution is 2.27. The quantitative estimate of drug-likeness (QED) is 0.457. The van der Waals surface area contributed by atoms with Crippen LogP contribution in [-0.4, -0.2) is 23.9 Å². The van der Waals surface area contributed by atoms with Crippen molar-refractivity contribution in [1.82, 2.24) is 5.32 Å². The van der Waals surface area contributed by atoms with E-state index in [0.717, 1.165) is 12.1 Å². The SMILES string of the molecule is COC(=O)CC(NC(=O)c1cc(F)c(C)c([N+](=O)[O-])c1)c1ccccc1Cl. The maximum Gasteiger partial charge on any atom is 0.307 e. The van der Waals surface area contributed by atoms with Gasteiger partial charge < -0.3 is 10.1 Å². The zero-order valence-corrected chi connectivity index (χ0v) is 15.2. The van der Waals surface area contributed by atoms with Crippen LogP contribution in [0.25, 0.3) is 0 Å². The molecule has 0 bridgehead atoms. The molecule has 0 heterocycles. The molecule has 9 heteroatoms. The van der Waals surface area contributed by atoms with Crippen LogP contribution in [0.4, 0.5) is 10.1 Å². The third-order valence-corrected chi connectivity index (χ3v) is 4.30.